The number of hydrogen-bond acceptors (Lipinski definition) is 6. The van der Waals surface area contributed by atoms with Gasteiger partial charge in [0.15, 0.2) is 0 Å². The fourth-order valence-electron chi connectivity index (χ4n) is 3.89. The lowest BCUT2D eigenvalue weighted by Crippen LogP contribution is -2.64. The standard InChI is InChI=1S/C16H22O6/c1-14(2)15(20)12(18)10(17)11(13(19)16(14,15)21)22-8-9-6-4-3-5-7-9/h3-7,10-13,17-21H,8H2,1-2H3/t10-,11-,12+,13+,15+,16-/m1/s1. The predicted octanol–water partition coefficient (Wildman–Crippen LogP) is -0.830. The van der Waals surface area contributed by atoms with Crippen molar-refractivity contribution in [2.45, 2.75) is 56.1 Å². The zero-order valence-corrected chi connectivity index (χ0v) is 12.5. The fourth-order valence-corrected chi connectivity index (χ4v) is 3.89. The number of aliphatic hydroxyl groups is 5. The molecule has 2 fully saturated rings. The minimum atomic E-state index is -1.95. The summed E-state index contributed by atoms with van der Waals surface area (Å²) in [4.78, 5) is 0. The van der Waals surface area contributed by atoms with Gasteiger partial charge < -0.3 is 30.3 Å². The van der Waals surface area contributed by atoms with Crippen LogP contribution < -0.4 is 0 Å². The van der Waals surface area contributed by atoms with Crippen LogP contribution in [0.25, 0.3) is 0 Å². The molecule has 0 spiro atoms. The molecule has 22 heavy (non-hydrogen) atoms. The van der Waals surface area contributed by atoms with Gasteiger partial charge in [0.25, 0.3) is 0 Å². The lowest BCUT2D eigenvalue weighted by atomic mass is 9.85. The van der Waals surface area contributed by atoms with Crippen LogP contribution in [0.15, 0.2) is 30.3 Å². The number of fused-ring (bicyclic) bond motifs is 1. The first-order valence-corrected chi connectivity index (χ1v) is 7.34. The van der Waals surface area contributed by atoms with Gasteiger partial charge in [0.2, 0.25) is 0 Å². The molecule has 0 heterocycles. The Bertz CT molecular complexity index is 561. The highest BCUT2D eigenvalue weighted by Crippen LogP contribution is 2.70. The molecule has 0 aromatic heterocycles. The van der Waals surface area contributed by atoms with Gasteiger partial charge in [-0.1, -0.05) is 44.2 Å². The highest BCUT2D eigenvalue weighted by molar-refractivity contribution is 5.41. The minimum Gasteiger partial charge on any atom is -0.387 e. The molecule has 0 unspecified atom stereocenters. The molecule has 122 valence electrons. The SMILES string of the molecule is CC1(C)[C@]2(O)[C@@H](O)[C@H](OCc3ccccc3)[C@@H](O)[C@H](O)[C@]12O. The van der Waals surface area contributed by atoms with Gasteiger partial charge in [-0.25, -0.2) is 0 Å². The van der Waals surface area contributed by atoms with Crippen molar-refractivity contribution < 1.29 is 30.3 Å². The maximum Gasteiger partial charge on any atom is 0.133 e. The van der Waals surface area contributed by atoms with Gasteiger partial charge in [0.1, 0.15) is 35.6 Å². The summed E-state index contributed by atoms with van der Waals surface area (Å²) in [5.41, 5.74) is -4.19. The van der Waals surface area contributed by atoms with E-state index in [1.165, 1.54) is 13.8 Å². The Morgan fingerprint density at radius 3 is 2.09 bits per heavy atom. The number of aliphatic hydroxyl groups excluding tert-OH is 3. The number of hydrogen-bond donors (Lipinski definition) is 5. The van der Waals surface area contributed by atoms with Gasteiger partial charge in [-0.3, -0.25) is 0 Å². The van der Waals surface area contributed by atoms with Crippen molar-refractivity contribution >= 4 is 0 Å². The Balaban J connectivity index is 1.81. The molecule has 6 heteroatoms. The summed E-state index contributed by atoms with van der Waals surface area (Å²) < 4.78 is 5.53. The summed E-state index contributed by atoms with van der Waals surface area (Å²) in [7, 11) is 0. The van der Waals surface area contributed by atoms with Gasteiger partial charge in [-0.15, -0.1) is 0 Å². The summed E-state index contributed by atoms with van der Waals surface area (Å²) in [5.74, 6) is 0. The van der Waals surface area contributed by atoms with Crippen molar-refractivity contribution in [1.29, 1.82) is 0 Å². The van der Waals surface area contributed by atoms with Crippen LogP contribution in [0, 0.1) is 5.41 Å². The van der Waals surface area contributed by atoms with Crippen molar-refractivity contribution in [1.82, 2.24) is 0 Å². The van der Waals surface area contributed by atoms with E-state index in [1.807, 2.05) is 30.3 Å². The normalized spacial score (nSPS) is 46.1. The monoisotopic (exact) mass is 310 g/mol. The summed E-state index contributed by atoms with van der Waals surface area (Å²) >= 11 is 0. The summed E-state index contributed by atoms with van der Waals surface area (Å²) in [6.07, 6.45) is -5.79. The van der Waals surface area contributed by atoms with E-state index >= 15 is 0 Å². The molecular weight excluding hydrogens is 288 g/mol. The van der Waals surface area contributed by atoms with E-state index in [4.69, 9.17) is 4.74 Å². The quantitative estimate of drug-likeness (QED) is 0.498. The van der Waals surface area contributed by atoms with Crippen LogP contribution in [0.3, 0.4) is 0 Å². The molecule has 3 rings (SSSR count). The molecule has 0 bridgehead atoms. The van der Waals surface area contributed by atoms with E-state index in [2.05, 4.69) is 0 Å². The topological polar surface area (TPSA) is 110 Å². The predicted molar refractivity (Wildman–Crippen MR) is 76.7 cm³/mol. The first kappa shape index (κ1) is 15.9. The van der Waals surface area contributed by atoms with E-state index in [0.29, 0.717) is 0 Å². The van der Waals surface area contributed by atoms with Crippen LogP contribution in [0.5, 0.6) is 0 Å². The Kier molecular flexibility index (Phi) is 3.41. The molecule has 0 radical (unpaired) electrons. The molecule has 5 N–H and O–H groups in total. The molecule has 0 saturated heterocycles. The molecule has 1 aromatic carbocycles. The Hall–Kier alpha value is -1.02. The first-order chi connectivity index (χ1) is 10.2. The van der Waals surface area contributed by atoms with Crippen molar-refractivity contribution in [3.8, 4) is 0 Å². The van der Waals surface area contributed by atoms with Gasteiger partial charge in [0, 0.05) is 5.41 Å². The first-order valence-electron chi connectivity index (χ1n) is 7.34. The smallest absolute Gasteiger partial charge is 0.133 e. The second-order valence-corrected chi connectivity index (χ2v) is 6.80. The average molecular weight is 310 g/mol. The summed E-state index contributed by atoms with van der Waals surface area (Å²) in [5, 5.41) is 51.9. The third kappa shape index (κ3) is 1.65. The lowest BCUT2D eigenvalue weighted by molar-refractivity contribution is -0.237. The van der Waals surface area contributed by atoms with Gasteiger partial charge in [-0.2, -0.15) is 0 Å². The Morgan fingerprint density at radius 2 is 1.50 bits per heavy atom. The Labute approximate surface area is 128 Å². The van der Waals surface area contributed by atoms with Crippen LogP contribution in [0.2, 0.25) is 0 Å². The second-order valence-electron chi connectivity index (χ2n) is 6.80. The highest BCUT2D eigenvalue weighted by Gasteiger charge is 2.91. The van der Waals surface area contributed by atoms with Crippen LogP contribution >= 0.6 is 0 Å². The third-order valence-corrected chi connectivity index (χ3v) is 5.54. The fraction of sp³-hybridized carbons (Fsp3) is 0.625. The maximum atomic E-state index is 10.6. The molecule has 6 atom stereocenters. The molecule has 6 nitrogen and oxygen atoms in total. The molecule has 2 saturated carbocycles. The zero-order valence-electron chi connectivity index (χ0n) is 12.5. The molecule has 2 aliphatic carbocycles. The molecule has 2 aliphatic rings. The molecule has 0 amide bonds. The molecular formula is C16H22O6. The van der Waals surface area contributed by atoms with E-state index in [0.717, 1.165) is 5.56 Å². The van der Waals surface area contributed by atoms with E-state index in [-0.39, 0.29) is 6.61 Å². The van der Waals surface area contributed by atoms with Crippen molar-refractivity contribution in [3.05, 3.63) is 35.9 Å². The van der Waals surface area contributed by atoms with Crippen molar-refractivity contribution in [3.63, 3.8) is 0 Å². The van der Waals surface area contributed by atoms with Gasteiger partial charge in [0.05, 0.1) is 6.61 Å². The number of ether oxygens (including phenoxy) is 1. The van der Waals surface area contributed by atoms with Gasteiger partial charge >= 0.3 is 0 Å². The largest absolute Gasteiger partial charge is 0.387 e. The zero-order chi connectivity index (χ0) is 16.3. The van der Waals surface area contributed by atoms with Crippen LogP contribution in [-0.2, 0) is 11.3 Å². The summed E-state index contributed by atoms with van der Waals surface area (Å²) in [6.45, 7) is 3.18. The lowest BCUT2D eigenvalue weighted by Gasteiger charge is -2.40. The number of benzene rings is 1. The van der Waals surface area contributed by atoms with Crippen LogP contribution in [0.1, 0.15) is 19.4 Å². The van der Waals surface area contributed by atoms with Crippen LogP contribution in [-0.4, -0.2) is 61.2 Å². The van der Waals surface area contributed by atoms with E-state index < -0.39 is 41.0 Å². The van der Waals surface area contributed by atoms with Crippen molar-refractivity contribution in [2.75, 3.05) is 0 Å². The van der Waals surface area contributed by atoms with E-state index in [1.54, 1.807) is 0 Å². The highest BCUT2D eigenvalue weighted by atomic mass is 16.5. The number of rotatable bonds is 3. The third-order valence-electron chi connectivity index (χ3n) is 5.54. The molecule has 1 aromatic rings. The van der Waals surface area contributed by atoms with Crippen LogP contribution in [0.4, 0.5) is 0 Å². The molecule has 0 aliphatic heterocycles. The maximum absolute atomic E-state index is 10.6. The van der Waals surface area contributed by atoms with Crippen molar-refractivity contribution in [2.24, 2.45) is 5.41 Å². The second kappa shape index (κ2) is 4.74. The summed E-state index contributed by atoms with van der Waals surface area (Å²) in [6, 6.07) is 9.16. The van der Waals surface area contributed by atoms with Gasteiger partial charge in [-0.05, 0) is 5.56 Å². The average Bonchev–Trinajstić information content (AvgIpc) is 2.88. The minimum absolute atomic E-state index is 0.112. The Morgan fingerprint density at radius 1 is 0.955 bits per heavy atom. The van der Waals surface area contributed by atoms with E-state index in [9.17, 15) is 25.5 Å².